The normalized spacial score (nSPS) is 33.9. The molecule has 0 aromatic carbocycles. The highest BCUT2D eigenvalue weighted by Gasteiger charge is 2.38. The van der Waals surface area contributed by atoms with Crippen molar-refractivity contribution in [2.24, 2.45) is 17.6 Å². The van der Waals surface area contributed by atoms with E-state index in [1.807, 2.05) is 5.38 Å². The van der Waals surface area contributed by atoms with Gasteiger partial charge in [-0.1, -0.05) is 18.0 Å². The Labute approximate surface area is 112 Å². The molecule has 2 fully saturated rings. The second-order valence-electron chi connectivity index (χ2n) is 5.44. The maximum absolute atomic E-state index is 6.23. The van der Waals surface area contributed by atoms with Crippen LogP contribution in [0.3, 0.4) is 0 Å². The predicted octanol–water partition coefficient (Wildman–Crippen LogP) is 2.96. The van der Waals surface area contributed by atoms with Crippen LogP contribution >= 0.6 is 22.9 Å². The van der Waals surface area contributed by atoms with E-state index >= 15 is 0 Å². The molecule has 2 nitrogen and oxygen atoms in total. The van der Waals surface area contributed by atoms with Gasteiger partial charge in [0.05, 0.1) is 5.02 Å². The Kier molecular flexibility index (Phi) is 3.44. The summed E-state index contributed by atoms with van der Waals surface area (Å²) in [6, 6.07) is 2.53. The van der Waals surface area contributed by atoms with Gasteiger partial charge in [0.25, 0.3) is 0 Å². The van der Waals surface area contributed by atoms with Crippen LogP contribution in [0.1, 0.15) is 24.1 Å². The number of likely N-dealkylation sites (tertiary alicyclic amines) is 1. The molecule has 3 atom stereocenters. The summed E-state index contributed by atoms with van der Waals surface area (Å²) in [6.45, 7) is 3.46. The van der Waals surface area contributed by atoms with Crippen molar-refractivity contribution in [3.63, 3.8) is 0 Å². The first-order chi connectivity index (χ1) is 8.22. The van der Waals surface area contributed by atoms with E-state index in [9.17, 15) is 0 Å². The van der Waals surface area contributed by atoms with Crippen molar-refractivity contribution in [1.29, 1.82) is 0 Å². The lowest BCUT2D eigenvalue weighted by molar-refractivity contribution is 0.259. The molecule has 0 bridgehead atoms. The quantitative estimate of drug-likeness (QED) is 0.895. The second-order valence-corrected chi connectivity index (χ2v) is 6.88. The lowest BCUT2D eigenvalue weighted by Crippen LogP contribution is -2.38. The minimum atomic E-state index is 0.436. The highest BCUT2D eigenvalue weighted by Crippen LogP contribution is 2.36. The highest BCUT2D eigenvalue weighted by molar-refractivity contribution is 7.10. The van der Waals surface area contributed by atoms with Gasteiger partial charge in [-0.25, -0.2) is 0 Å². The topological polar surface area (TPSA) is 29.3 Å². The summed E-state index contributed by atoms with van der Waals surface area (Å²) in [6.07, 6.45) is 3.92. The third-order valence-electron chi connectivity index (χ3n) is 4.23. The molecule has 1 saturated carbocycles. The van der Waals surface area contributed by atoms with Crippen molar-refractivity contribution in [2.75, 3.05) is 13.1 Å². The third-order valence-corrected chi connectivity index (χ3v) is 5.50. The molecule has 2 N–H and O–H groups in total. The zero-order chi connectivity index (χ0) is 11.8. The summed E-state index contributed by atoms with van der Waals surface area (Å²) in [5.74, 6) is 1.58. The van der Waals surface area contributed by atoms with Gasteiger partial charge in [-0.2, -0.15) is 0 Å². The largest absolute Gasteiger partial charge is 0.327 e. The molecule has 3 unspecified atom stereocenters. The molecular formula is C13H19ClN2S. The Morgan fingerprint density at radius 3 is 3.00 bits per heavy atom. The smallest absolute Gasteiger partial charge is 0.0516 e. The van der Waals surface area contributed by atoms with E-state index in [1.165, 1.54) is 37.2 Å². The van der Waals surface area contributed by atoms with Gasteiger partial charge in [-0.05, 0) is 30.7 Å². The summed E-state index contributed by atoms with van der Waals surface area (Å²) in [5.41, 5.74) is 6.23. The van der Waals surface area contributed by atoms with Gasteiger partial charge >= 0.3 is 0 Å². The number of fused-ring (bicyclic) bond motifs is 1. The van der Waals surface area contributed by atoms with Crippen LogP contribution in [0, 0.1) is 11.8 Å². The maximum atomic E-state index is 6.23. The molecular weight excluding hydrogens is 252 g/mol. The van der Waals surface area contributed by atoms with Crippen molar-refractivity contribution in [2.45, 2.75) is 31.8 Å². The summed E-state index contributed by atoms with van der Waals surface area (Å²) in [5, 5.41) is 2.89. The molecule has 17 heavy (non-hydrogen) atoms. The van der Waals surface area contributed by atoms with Crippen LogP contribution in [0.15, 0.2) is 11.4 Å². The molecule has 1 aliphatic heterocycles. The van der Waals surface area contributed by atoms with Crippen LogP contribution < -0.4 is 5.73 Å². The van der Waals surface area contributed by atoms with E-state index in [-0.39, 0.29) is 0 Å². The summed E-state index contributed by atoms with van der Waals surface area (Å²) >= 11 is 7.73. The molecule has 1 aliphatic carbocycles. The number of thiophene rings is 1. The third kappa shape index (κ3) is 2.53. The summed E-state index contributed by atoms with van der Waals surface area (Å²) in [4.78, 5) is 3.94. The number of nitrogens with two attached hydrogens (primary N) is 1. The molecule has 2 aliphatic rings. The number of nitrogens with zero attached hydrogens (tertiary/aromatic N) is 1. The van der Waals surface area contributed by atoms with Gasteiger partial charge in [-0.15, -0.1) is 11.3 Å². The van der Waals surface area contributed by atoms with Gasteiger partial charge in [0.15, 0.2) is 0 Å². The Hall–Kier alpha value is -0.0900. The van der Waals surface area contributed by atoms with E-state index in [0.717, 1.165) is 23.4 Å². The van der Waals surface area contributed by atoms with Gasteiger partial charge in [0.2, 0.25) is 0 Å². The lowest BCUT2D eigenvalue weighted by Gasteiger charge is -2.29. The van der Waals surface area contributed by atoms with E-state index < -0.39 is 0 Å². The van der Waals surface area contributed by atoms with Crippen LogP contribution in [-0.2, 0) is 6.54 Å². The Balaban J connectivity index is 1.63. The molecule has 0 amide bonds. The van der Waals surface area contributed by atoms with Gasteiger partial charge in [0.1, 0.15) is 0 Å². The van der Waals surface area contributed by atoms with Crippen LogP contribution in [-0.4, -0.2) is 24.0 Å². The predicted molar refractivity (Wildman–Crippen MR) is 73.4 cm³/mol. The van der Waals surface area contributed by atoms with Crippen molar-refractivity contribution < 1.29 is 0 Å². The number of hydrogen-bond acceptors (Lipinski definition) is 3. The molecule has 1 saturated heterocycles. The Morgan fingerprint density at radius 2 is 2.29 bits per heavy atom. The van der Waals surface area contributed by atoms with E-state index in [0.29, 0.717) is 6.04 Å². The van der Waals surface area contributed by atoms with Crippen LogP contribution in [0.2, 0.25) is 5.02 Å². The zero-order valence-electron chi connectivity index (χ0n) is 9.94. The first kappa shape index (κ1) is 12.0. The van der Waals surface area contributed by atoms with Gasteiger partial charge in [0, 0.05) is 35.9 Å². The van der Waals surface area contributed by atoms with E-state index in [4.69, 9.17) is 17.3 Å². The number of halogens is 1. The van der Waals surface area contributed by atoms with E-state index in [1.54, 1.807) is 11.3 Å². The number of rotatable bonds is 2. The van der Waals surface area contributed by atoms with Crippen molar-refractivity contribution >= 4 is 22.9 Å². The maximum Gasteiger partial charge on any atom is 0.0516 e. The molecule has 3 rings (SSSR count). The molecule has 1 aromatic heterocycles. The number of hydrogen-bond donors (Lipinski definition) is 1. The molecule has 0 radical (unpaired) electrons. The van der Waals surface area contributed by atoms with Crippen molar-refractivity contribution in [3.05, 3.63) is 21.3 Å². The molecule has 0 spiro atoms. The fourth-order valence-corrected chi connectivity index (χ4v) is 4.51. The lowest BCUT2D eigenvalue weighted by atomic mass is 9.78. The van der Waals surface area contributed by atoms with Crippen LogP contribution in [0.4, 0.5) is 0 Å². The molecule has 1 aromatic rings. The van der Waals surface area contributed by atoms with Gasteiger partial charge < -0.3 is 5.73 Å². The highest BCUT2D eigenvalue weighted by atomic mass is 35.5. The minimum Gasteiger partial charge on any atom is -0.327 e. The average molecular weight is 271 g/mol. The Bertz CT molecular complexity index is 393. The van der Waals surface area contributed by atoms with Crippen molar-refractivity contribution in [3.8, 4) is 0 Å². The monoisotopic (exact) mass is 270 g/mol. The van der Waals surface area contributed by atoms with Crippen molar-refractivity contribution in [1.82, 2.24) is 4.90 Å². The molecule has 94 valence electrons. The minimum absolute atomic E-state index is 0.436. The van der Waals surface area contributed by atoms with Crippen LogP contribution in [0.25, 0.3) is 0 Å². The first-order valence-corrected chi connectivity index (χ1v) is 7.69. The second kappa shape index (κ2) is 4.88. The fraction of sp³-hybridized carbons (Fsp3) is 0.692. The fourth-order valence-electron chi connectivity index (χ4n) is 3.40. The van der Waals surface area contributed by atoms with E-state index in [2.05, 4.69) is 11.0 Å². The SMILES string of the molecule is NC1CCCC2CN(Cc3cc(Cl)cs3)CC12. The zero-order valence-corrected chi connectivity index (χ0v) is 11.5. The van der Waals surface area contributed by atoms with Crippen LogP contribution in [0.5, 0.6) is 0 Å². The first-order valence-electron chi connectivity index (χ1n) is 6.43. The standard InChI is InChI=1S/C13H19ClN2S/c14-10-4-11(17-8-10)6-16-5-9-2-1-3-13(15)12(9)7-16/h4,8-9,12-13H,1-3,5-7,15H2. The average Bonchev–Trinajstić information content (AvgIpc) is 2.86. The van der Waals surface area contributed by atoms with Gasteiger partial charge in [-0.3, -0.25) is 4.90 Å². The summed E-state index contributed by atoms with van der Waals surface area (Å²) in [7, 11) is 0. The molecule has 2 heterocycles. The molecule has 4 heteroatoms. The summed E-state index contributed by atoms with van der Waals surface area (Å²) < 4.78 is 0. The Morgan fingerprint density at radius 1 is 1.41 bits per heavy atom.